The minimum atomic E-state index is -0.0486. The van der Waals surface area contributed by atoms with Crippen LogP contribution in [-0.4, -0.2) is 36.9 Å². The zero-order valence-electron chi connectivity index (χ0n) is 13.1. The molecule has 2 fully saturated rings. The minimum absolute atomic E-state index is 0.0266. The Morgan fingerprint density at radius 1 is 1.20 bits per heavy atom. The van der Waals surface area contributed by atoms with Gasteiger partial charge < -0.3 is 14.8 Å². The van der Waals surface area contributed by atoms with Gasteiger partial charge in [-0.05, 0) is 33.7 Å². The van der Waals surface area contributed by atoms with Gasteiger partial charge in [0.1, 0.15) is 6.10 Å². The molecule has 1 N–H and O–H groups in total. The highest BCUT2D eigenvalue weighted by Gasteiger charge is 2.35. The largest absolute Gasteiger partial charge is 0.462 e. The Bertz CT molecular complexity index is 316. The van der Waals surface area contributed by atoms with Crippen molar-refractivity contribution in [3.05, 3.63) is 0 Å². The summed E-state index contributed by atoms with van der Waals surface area (Å²) in [6.07, 6.45) is 8.41. The highest BCUT2D eigenvalue weighted by molar-refractivity contribution is 5.71. The highest BCUT2D eigenvalue weighted by Crippen LogP contribution is 2.31. The number of esters is 1. The maximum atomic E-state index is 12.3. The van der Waals surface area contributed by atoms with Gasteiger partial charge in [0.05, 0.1) is 18.6 Å². The predicted octanol–water partition coefficient (Wildman–Crippen LogP) is 2.80. The molecule has 20 heavy (non-hydrogen) atoms. The van der Waals surface area contributed by atoms with Crippen molar-refractivity contribution in [3.8, 4) is 0 Å². The van der Waals surface area contributed by atoms with Crippen molar-refractivity contribution in [1.82, 2.24) is 5.32 Å². The van der Waals surface area contributed by atoms with E-state index in [4.69, 9.17) is 9.47 Å². The van der Waals surface area contributed by atoms with Crippen LogP contribution in [0.2, 0.25) is 0 Å². The molecule has 0 radical (unpaired) electrons. The number of carbonyl (C=O) groups is 1. The van der Waals surface area contributed by atoms with Crippen molar-refractivity contribution in [2.45, 2.75) is 89.1 Å². The van der Waals surface area contributed by atoms with Gasteiger partial charge in [0, 0.05) is 18.4 Å². The molecule has 2 aliphatic rings. The number of ether oxygens (including phenoxy) is 2. The fourth-order valence-corrected chi connectivity index (χ4v) is 3.69. The summed E-state index contributed by atoms with van der Waals surface area (Å²) in [5.74, 6) is -0.0486. The van der Waals surface area contributed by atoms with Crippen LogP contribution in [0.3, 0.4) is 0 Å². The summed E-state index contributed by atoms with van der Waals surface area (Å²) in [6.45, 7) is 4.10. The van der Waals surface area contributed by atoms with Crippen molar-refractivity contribution in [1.29, 1.82) is 0 Å². The van der Waals surface area contributed by atoms with E-state index in [9.17, 15) is 4.79 Å². The molecule has 1 aliphatic carbocycles. The van der Waals surface area contributed by atoms with Gasteiger partial charge in [0.15, 0.2) is 0 Å². The Labute approximate surface area is 122 Å². The van der Waals surface area contributed by atoms with Gasteiger partial charge in [-0.3, -0.25) is 4.79 Å². The van der Waals surface area contributed by atoms with Crippen molar-refractivity contribution < 1.29 is 14.3 Å². The average molecular weight is 283 g/mol. The summed E-state index contributed by atoms with van der Waals surface area (Å²) in [7, 11) is 1.97. The van der Waals surface area contributed by atoms with E-state index in [1.165, 1.54) is 19.3 Å². The van der Waals surface area contributed by atoms with Gasteiger partial charge in [-0.2, -0.15) is 0 Å². The van der Waals surface area contributed by atoms with Crippen LogP contribution in [0.4, 0.5) is 0 Å². The van der Waals surface area contributed by atoms with Gasteiger partial charge in [-0.15, -0.1) is 0 Å². The van der Waals surface area contributed by atoms with Gasteiger partial charge in [0.2, 0.25) is 0 Å². The fourth-order valence-electron chi connectivity index (χ4n) is 3.69. The van der Waals surface area contributed by atoms with E-state index in [2.05, 4.69) is 5.32 Å². The lowest BCUT2D eigenvalue weighted by Gasteiger charge is -2.37. The molecule has 4 nitrogen and oxygen atoms in total. The molecule has 1 aliphatic heterocycles. The summed E-state index contributed by atoms with van der Waals surface area (Å²) < 4.78 is 11.4. The second-order valence-electron chi connectivity index (χ2n) is 6.61. The molecule has 4 heteroatoms. The quantitative estimate of drug-likeness (QED) is 0.806. The van der Waals surface area contributed by atoms with E-state index in [0.29, 0.717) is 6.42 Å². The van der Waals surface area contributed by atoms with E-state index in [0.717, 1.165) is 25.7 Å². The van der Waals surface area contributed by atoms with Crippen LogP contribution in [0.1, 0.15) is 65.2 Å². The van der Waals surface area contributed by atoms with Gasteiger partial charge in [-0.1, -0.05) is 19.3 Å². The Morgan fingerprint density at radius 2 is 1.80 bits per heavy atom. The summed E-state index contributed by atoms with van der Waals surface area (Å²) >= 11 is 0. The van der Waals surface area contributed by atoms with E-state index < -0.39 is 0 Å². The third-order valence-electron chi connectivity index (χ3n) is 4.78. The summed E-state index contributed by atoms with van der Waals surface area (Å²) in [5, 5.41) is 3.38. The van der Waals surface area contributed by atoms with Gasteiger partial charge >= 0.3 is 5.97 Å². The monoisotopic (exact) mass is 283 g/mol. The molecule has 0 aromatic heterocycles. The third kappa shape index (κ3) is 4.19. The molecule has 2 unspecified atom stereocenters. The van der Waals surface area contributed by atoms with Crippen LogP contribution in [-0.2, 0) is 14.3 Å². The molecular formula is C16H29NO3. The van der Waals surface area contributed by atoms with Crippen molar-refractivity contribution in [2.75, 3.05) is 7.05 Å². The third-order valence-corrected chi connectivity index (χ3v) is 4.78. The van der Waals surface area contributed by atoms with Crippen LogP contribution >= 0.6 is 0 Å². The molecule has 0 spiro atoms. The van der Waals surface area contributed by atoms with Crippen molar-refractivity contribution >= 4 is 5.97 Å². The molecule has 1 heterocycles. The predicted molar refractivity (Wildman–Crippen MR) is 78.6 cm³/mol. The lowest BCUT2D eigenvalue weighted by Crippen LogP contribution is -2.47. The number of rotatable bonds is 4. The Morgan fingerprint density at radius 3 is 2.35 bits per heavy atom. The molecule has 2 atom stereocenters. The summed E-state index contributed by atoms with van der Waals surface area (Å²) in [5.41, 5.74) is -0.0300. The smallest absolute Gasteiger partial charge is 0.307 e. The van der Waals surface area contributed by atoms with E-state index in [1.807, 2.05) is 20.9 Å². The fraction of sp³-hybridized carbons (Fsp3) is 0.938. The summed E-state index contributed by atoms with van der Waals surface area (Å²) in [6, 6.07) is 0. The van der Waals surface area contributed by atoms with Crippen LogP contribution in [0.15, 0.2) is 0 Å². The lowest BCUT2D eigenvalue weighted by molar-refractivity contribution is -0.161. The zero-order chi connectivity index (χ0) is 14.6. The average Bonchev–Trinajstić information content (AvgIpc) is 2.38. The molecular weight excluding hydrogens is 254 g/mol. The highest BCUT2D eigenvalue weighted by atomic mass is 16.6. The molecule has 0 bridgehead atoms. The first kappa shape index (κ1) is 15.8. The lowest BCUT2D eigenvalue weighted by atomic mass is 9.79. The Balaban J connectivity index is 1.84. The van der Waals surface area contributed by atoms with E-state index in [-0.39, 0.29) is 29.8 Å². The van der Waals surface area contributed by atoms with E-state index in [1.54, 1.807) is 0 Å². The zero-order valence-corrected chi connectivity index (χ0v) is 13.1. The molecule has 1 saturated heterocycles. The SMILES string of the molecule is CNC1(CC(=O)OC2CC(C)OC(C)C2)CCCCC1. The standard InChI is InChI=1S/C16H29NO3/c1-12-9-14(10-13(2)19-12)20-15(18)11-16(17-3)7-5-4-6-8-16/h12-14,17H,4-11H2,1-3H3. The Kier molecular flexibility index (Phi) is 5.44. The first-order chi connectivity index (χ1) is 9.53. The first-order valence-corrected chi connectivity index (χ1v) is 8.07. The first-order valence-electron chi connectivity index (χ1n) is 8.07. The van der Waals surface area contributed by atoms with Crippen LogP contribution < -0.4 is 5.32 Å². The van der Waals surface area contributed by atoms with Crippen LogP contribution in [0.5, 0.6) is 0 Å². The van der Waals surface area contributed by atoms with Crippen molar-refractivity contribution in [2.24, 2.45) is 0 Å². The maximum Gasteiger partial charge on any atom is 0.307 e. The number of carbonyl (C=O) groups excluding carboxylic acids is 1. The molecule has 0 aromatic carbocycles. The van der Waals surface area contributed by atoms with E-state index >= 15 is 0 Å². The maximum absolute atomic E-state index is 12.3. The van der Waals surface area contributed by atoms with Crippen LogP contribution in [0, 0.1) is 0 Å². The summed E-state index contributed by atoms with van der Waals surface area (Å²) in [4.78, 5) is 12.3. The molecule has 0 aromatic rings. The number of nitrogens with one attached hydrogen (secondary N) is 1. The second kappa shape index (κ2) is 6.90. The molecule has 1 saturated carbocycles. The second-order valence-corrected chi connectivity index (χ2v) is 6.61. The van der Waals surface area contributed by atoms with Gasteiger partial charge in [-0.25, -0.2) is 0 Å². The molecule has 2 rings (SSSR count). The van der Waals surface area contributed by atoms with Gasteiger partial charge in [0.25, 0.3) is 0 Å². The molecule has 0 amide bonds. The Hall–Kier alpha value is -0.610. The normalized spacial score (nSPS) is 33.6. The number of hydrogen-bond donors (Lipinski definition) is 1. The van der Waals surface area contributed by atoms with Crippen molar-refractivity contribution in [3.63, 3.8) is 0 Å². The van der Waals surface area contributed by atoms with Crippen LogP contribution in [0.25, 0.3) is 0 Å². The molecule has 116 valence electrons. The topological polar surface area (TPSA) is 47.6 Å². The minimum Gasteiger partial charge on any atom is -0.462 e. The number of hydrogen-bond acceptors (Lipinski definition) is 4.